The molecular weight excluding hydrogens is 209 g/mol. The Morgan fingerprint density at radius 2 is 2.19 bits per heavy atom. The fourth-order valence-electron chi connectivity index (χ4n) is 4.88. The van der Waals surface area contributed by atoms with Crippen LogP contribution in [0.25, 0.3) is 0 Å². The molecule has 0 saturated heterocycles. The second-order valence-electron chi connectivity index (χ2n) is 5.82. The first-order valence-electron chi connectivity index (χ1n) is 6.16. The molecule has 0 radical (unpaired) electrons. The standard InChI is InChI=1S/C12H18FNO2/c13-11-6-1-2-7-10(11)8(3-6)12(7,5-14)4-9(15)16/h6-8,10-11H,1-5,14H2,(H,15,16)/t6-,7-,8+,10+,11-,12+/m0/s1. The lowest BCUT2D eigenvalue weighted by Gasteiger charge is -2.59. The van der Waals surface area contributed by atoms with E-state index in [1.165, 1.54) is 0 Å². The number of aliphatic carboxylic acids is 1. The van der Waals surface area contributed by atoms with E-state index >= 15 is 0 Å². The monoisotopic (exact) mass is 227 g/mol. The summed E-state index contributed by atoms with van der Waals surface area (Å²) in [5.74, 6) is -0.00164. The number of carbonyl (C=O) groups is 1. The van der Waals surface area contributed by atoms with Crippen LogP contribution in [-0.4, -0.2) is 23.8 Å². The predicted molar refractivity (Wildman–Crippen MR) is 56.4 cm³/mol. The fraction of sp³-hybridized carbons (Fsp3) is 0.917. The maximum atomic E-state index is 13.9. The van der Waals surface area contributed by atoms with Crippen LogP contribution in [0.5, 0.6) is 0 Å². The Hall–Kier alpha value is -0.640. The van der Waals surface area contributed by atoms with Crippen LogP contribution < -0.4 is 5.73 Å². The molecule has 0 aromatic carbocycles. The minimum atomic E-state index is -0.783. The number of halogens is 1. The first-order chi connectivity index (χ1) is 7.60. The summed E-state index contributed by atoms with van der Waals surface area (Å²) in [4.78, 5) is 11.0. The van der Waals surface area contributed by atoms with E-state index in [9.17, 15) is 9.18 Å². The Morgan fingerprint density at radius 1 is 1.44 bits per heavy atom. The summed E-state index contributed by atoms with van der Waals surface area (Å²) < 4.78 is 13.9. The van der Waals surface area contributed by atoms with Crippen molar-refractivity contribution in [3.05, 3.63) is 0 Å². The second kappa shape index (κ2) is 3.19. The summed E-state index contributed by atoms with van der Waals surface area (Å²) in [6.07, 6.45) is 2.23. The molecule has 0 unspecified atom stereocenters. The molecule has 0 aliphatic heterocycles. The normalized spacial score (nSPS) is 53.5. The van der Waals surface area contributed by atoms with Crippen molar-refractivity contribution in [3.8, 4) is 0 Å². The molecule has 3 saturated carbocycles. The largest absolute Gasteiger partial charge is 0.481 e. The maximum absolute atomic E-state index is 13.9. The van der Waals surface area contributed by atoms with Gasteiger partial charge >= 0.3 is 5.97 Å². The van der Waals surface area contributed by atoms with Gasteiger partial charge in [0.05, 0.1) is 6.42 Å². The number of alkyl halides is 1. The molecule has 0 spiro atoms. The van der Waals surface area contributed by atoms with Crippen molar-refractivity contribution in [1.82, 2.24) is 0 Å². The van der Waals surface area contributed by atoms with Crippen LogP contribution in [0, 0.1) is 29.1 Å². The average molecular weight is 227 g/mol. The van der Waals surface area contributed by atoms with Crippen LogP contribution in [-0.2, 0) is 4.79 Å². The lowest BCUT2D eigenvalue weighted by Crippen LogP contribution is -2.61. The highest BCUT2D eigenvalue weighted by molar-refractivity contribution is 5.68. The Bertz CT molecular complexity index is 327. The van der Waals surface area contributed by atoms with Crippen molar-refractivity contribution in [3.63, 3.8) is 0 Å². The molecule has 0 aromatic rings. The molecule has 3 fully saturated rings. The van der Waals surface area contributed by atoms with E-state index < -0.39 is 12.1 Å². The van der Waals surface area contributed by atoms with Crippen molar-refractivity contribution in [1.29, 1.82) is 0 Å². The number of rotatable bonds is 3. The lowest BCUT2D eigenvalue weighted by atomic mass is 9.45. The highest BCUT2D eigenvalue weighted by atomic mass is 19.1. The van der Waals surface area contributed by atoms with E-state index in [0.29, 0.717) is 6.54 Å². The maximum Gasteiger partial charge on any atom is 0.303 e. The molecule has 3 rings (SSSR count). The van der Waals surface area contributed by atoms with Gasteiger partial charge in [-0.2, -0.15) is 0 Å². The van der Waals surface area contributed by atoms with Crippen LogP contribution in [0.15, 0.2) is 0 Å². The number of hydrogen-bond donors (Lipinski definition) is 2. The molecule has 0 aromatic heterocycles. The minimum absolute atomic E-state index is 0.127. The smallest absolute Gasteiger partial charge is 0.303 e. The number of hydrogen-bond acceptors (Lipinski definition) is 2. The molecular formula is C12H18FNO2. The molecule has 3 N–H and O–H groups in total. The summed E-state index contributed by atoms with van der Waals surface area (Å²) in [6.45, 7) is 0.407. The number of carboxylic acid groups (broad SMARTS) is 1. The first-order valence-corrected chi connectivity index (χ1v) is 6.16. The second-order valence-corrected chi connectivity index (χ2v) is 5.82. The average Bonchev–Trinajstić information content (AvgIpc) is 2.44. The van der Waals surface area contributed by atoms with Crippen molar-refractivity contribution in [2.24, 2.45) is 34.8 Å². The summed E-state index contributed by atoms with van der Waals surface area (Å²) in [7, 11) is 0. The zero-order valence-corrected chi connectivity index (χ0v) is 9.23. The lowest BCUT2D eigenvalue weighted by molar-refractivity contribution is -0.163. The Kier molecular flexibility index (Phi) is 2.09. The summed E-state index contributed by atoms with van der Waals surface area (Å²) in [6, 6.07) is 0. The zero-order valence-electron chi connectivity index (χ0n) is 9.23. The molecule has 4 heteroatoms. The third-order valence-electron chi connectivity index (χ3n) is 5.49. The third-order valence-corrected chi connectivity index (χ3v) is 5.49. The van der Waals surface area contributed by atoms with Crippen molar-refractivity contribution >= 4 is 5.97 Å². The summed E-state index contributed by atoms with van der Waals surface area (Å²) in [5, 5.41) is 9.01. The van der Waals surface area contributed by atoms with Crippen LogP contribution in [0.1, 0.15) is 25.7 Å². The molecule has 0 heterocycles. The first kappa shape index (κ1) is 10.5. The van der Waals surface area contributed by atoms with Gasteiger partial charge in [0.2, 0.25) is 0 Å². The van der Waals surface area contributed by atoms with E-state index in [0.717, 1.165) is 19.3 Å². The van der Waals surface area contributed by atoms with Crippen LogP contribution in [0.3, 0.4) is 0 Å². The minimum Gasteiger partial charge on any atom is -0.481 e. The Morgan fingerprint density at radius 3 is 2.81 bits per heavy atom. The van der Waals surface area contributed by atoms with Gasteiger partial charge < -0.3 is 10.8 Å². The molecule has 2 bridgehead atoms. The van der Waals surface area contributed by atoms with Gasteiger partial charge in [0.15, 0.2) is 0 Å². The highest BCUT2D eigenvalue weighted by Gasteiger charge is 2.69. The van der Waals surface area contributed by atoms with Crippen LogP contribution >= 0.6 is 0 Å². The zero-order chi connectivity index (χ0) is 11.5. The number of fused-ring (bicyclic) bond motifs is 1. The summed E-state index contributed by atoms with van der Waals surface area (Å²) in [5.41, 5.74) is 5.53. The van der Waals surface area contributed by atoms with Crippen molar-refractivity contribution in [2.75, 3.05) is 6.54 Å². The van der Waals surface area contributed by atoms with Gasteiger partial charge in [0.25, 0.3) is 0 Å². The molecule has 3 nitrogen and oxygen atoms in total. The van der Waals surface area contributed by atoms with Crippen molar-refractivity contribution in [2.45, 2.75) is 31.9 Å². The van der Waals surface area contributed by atoms with E-state index in [-0.39, 0.29) is 35.5 Å². The van der Waals surface area contributed by atoms with Gasteiger partial charge in [-0.1, -0.05) is 0 Å². The van der Waals surface area contributed by atoms with Gasteiger partial charge in [0, 0.05) is 0 Å². The Balaban J connectivity index is 1.90. The third kappa shape index (κ3) is 1.04. The molecule has 3 aliphatic carbocycles. The van der Waals surface area contributed by atoms with Crippen LogP contribution in [0.4, 0.5) is 4.39 Å². The number of carboxylic acids is 1. The molecule has 3 aliphatic rings. The van der Waals surface area contributed by atoms with E-state index in [1.54, 1.807) is 0 Å². The molecule has 16 heavy (non-hydrogen) atoms. The van der Waals surface area contributed by atoms with E-state index in [4.69, 9.17) is 10.8 Å². The van der Waals surface area contributed by atoms with Gasteiger partial charge in [-0.15, -0.1) is 0 Å². The van der Waals surface area contributed by atoms with Gasteiger partial charge in [-0.3, -0.25) is 4.79 Å². The molecule has 90 valence electrons. The predicted octanol–water partition coefficient (Wildman–Crippen LogP) is 1.42. The topological polar surface area (TPSA) is 63.3 Å². The SMILES string of the molecule is NC[C@@]1(CC(=O)O)[C@@H]2C[C@@H]3CC[C@H]1[C@H]2[C@H]3F. The Labute approximate surface area is 94.2 Å². The summed E-state index contributed by atoms with van der Waals surface area (Å²) >= 11 is 0. The molecule has 0 amide bonds. The molecule has 6 atom stereocenters. The number of nitrogens with two attached hydrogens (primary N) is 1. The van der Waals surface area contributed by atoms with E-state index in [2.05, 4.69) is 0 Å². The van der Waals surface area contributed by atoms with Gasteiger partial charge in [0.1, 0.15) is 6.17 Å². The quantitative estimate of drug-likeness (QED) is 0.766. The van der Waals surface area contributed by atoms with Gasteiger partial charge in [-0.05, 0) is 54.9 Å². The van der Waals surface area contributed by atoms with E-state index in [1.807, 2.05) is 0 Å². The van der Waals surface area contributed by atoms with Gasteiger partial charge in [-0.25, -0.2) is 4.39 Å². The van der Waals surface area contributed by atoms with Crippen LogP contribution in [0.2, 0.25) is 0 Å². The highest BCUT2D eigenvalue weighted by Crippen LogP contribution is 2.70. The fourth-order valence-corrected chi connectivity index (χ4v) is 4.88. The van der Waals surface area contributed by atoms with Crippen molar-refractivity contribution < 1.29 is 14.3 Å².